The lowest BCUT2D eigenvalue weighted by atomic mass is 9.72. The third-order valence-electron chi connectivity index (χ3n) is 6.55. The lowest BCUT2D eigenvalue weighted by Gasteiger charge is -2.59. The minimum absolute atomic E-state index is 0.0760. The van der Waals surface area contributed by atoms with Crippen LogP contribution < -0.4 is 20.1 Å². The summed E-state index contributed by atoms with van der Waals surface area (Å²) >= 11 is 0. The van der Waals surface area contributed by atoms with Gasteiger partial charge in [0.1, 0.15) is 11.5 Å². The molecule has 0 aliphatic carbocycles. The van der Waals surface area contributed by atoms with Crippen LogP contribution in [0.1, 0.15) is 11.5 Å². The van der Waals surface area contributed by atoms with Crippen LogP contribution in [0.4, 0.5) is 10.5 Å². The minimum atomic E-state index is -0.0760. The molecular weight excluding hydrogens is 402 g/mol. The molecule has 5 rings (SSSR count). The van der Waals surface area contributed by atoms with Crippen LogP contribution in [0.25, 0.3) is 11.1 Å². The predicted molar refractivity (Wildman–Crippen MR) is 125 cm³/mol. The fourth-order valence-electron chi connectivity index (χ4n) is 5.02. The Bertz CT molecular complexity index is 1100. The van der Waals surface area contributed by atoms with E-state index in [1.807, 2.05) is 47.4 Å². The molecule has 0 radical (unpaired) electrons. The number of carbonyl (C=O) groups is 1. The van der Waals surface area contributed by atoms with Gasteiger partial charge in [0.2, 0.25) is 0 Å². The number of benzene rings is 3. The summed E-state index contributed by atoms with van der Waals surface area (Å²) in [6.07, 6.45) is 0. The molecule has 0 aromatic heterocycles. The van der Waals surface area contributed by atoms with Crippen LogP contribution in [0, 0.1) is 0 Å². The molecule has 32 heavy (non-hydrogen) atoms. The number of urea groups is 1. The van der Waals surface area contributed by atoms with Crippen LogP contribution in [0.5, 0.6) is 11.5 Å². The quantitative estimate of drug-likeness (QED) is 0.633. The summed E-state index contributed by atoms with van der Waals surface area (Å²) in [4.78, 5) is 15.1. The molecule has 3 aromatic carbocycles. The van der Waals surface area contributed by atoms with Crippen molar-refractivity contribution in [1.29, 1.82) is 0 Å². The van der Waals surface area contributed by atoms with Crippen molar-refractivity contribution < 1.29 is 14.3 Å². The maximum Gasteiger partial charge on any atom is 0.322 e. The first-order valence-corrected chi connectivity index (χ1v) is 10.9. The molecule has 0 saturated carbocycles. The van der Waals surface area contributed by atoms with Gasteiger partial charge in [0, 0.05) is 24.6 Å². The molecule has 2 N–H and O–H groups in total. The zero-order chi connectivity index (χ0) is 22.1. The zero-order valence-electron chi connectivity index (χ0n) is 18.2. The number of para-hydroxylation sites is 3. The van der Waals surface area contributed by atoms with Crippen molar-refractivity contribution in [2.45, 2.75) is 18.0 Å². The smallest absolute Gasteiger partial charge is 0.322 e. The van der Waals surface area contributed by atoms with Gasteiger partial charge in [-0.05, 0) is 29.3 Å². The van der Waals surface area contributed by atoms with Gasteiger partial charge in [-0.25, -0.2) is 4.79 Å². The summed E-state index contributed by atoms with van der Waals surface area (Å²) in [5.74, 6) is 1.85. The summed E-state index contributed by atoms with van der Waals surface area (Å²) in [6, 6.07) is 24.4. The molecule has 2 saturated heterocycles. The monoisotopic (exact) mass is 429 g/mol. The van der Waals surface area contributed by atoms with Crippen LogP contribution in [-0.4, -0.2) is 50.3 Å². The van der Waals surface area contributed by atoms with Gasteiger partial charge >= 0.3 is 6.03 Å². The number of piperazine rings is 1. The molecule has 3 atom stereocenters. The zero-order valence-corrected chi connectivity index (χ0v) is 18.2. The Morgan fingerprint density at radius 2 is 1.50 bits per heavy atom. The van der Waals surface area contributed by atoms with Gasteiger partial charge in [-0.2, -0.15) is 0 Å². The Kier molecular flexibility index (Phi) is 5.45. The Balaban J connectivity index is 1.33. The predicted octanol–water partition coefficient (Wildman–Crippen LogP) is 4.34. The van der Waals surface area contributed by atoms with Crippen molar-refractivity contribution in [1.82, 2.24) is 10.2 Å². The molecule has 0 spiro atoms. The molecule has 2 aliphatic rings. The molecule has 2 fully saturated rings. The van der Waals surface area contributed by atoms with Gasteiger partial charge in [0.25, 0.3) is 0 Å². The molecule has 164 valence electrons. The Morgan fingerprint density at radius 1 is 0.875 bits per heavy atom. The lowest BCUT2D eigenvalue weighted by Crippen LogP contribution is -2.74. The van der Waals surface area contributed by atoms with E-state index in [2.05, 4.69) is 41.0 Å². The van der Waals surface area contributed by atoms with E-state index >= 15 is 0 Å². The Labute approximate surface area is 188 Å². The highest BCUT2D eigenvalue weighted by atomic mass is 16.5. The molecule has 6 nitrogen and oxygen atoms in total. The van der Waals surface area contributed by atoms with Crippen LogP contribution in [0.2, 0.25) is 0 Å². The summed E-state index contributed by atoms with van der Waals surface area (Å²) in [5, 5.41) is 6.47. The lowest BCUT2D eigenvalue weighted by molar-refractivity contribution is 0.00200. The number of hydrogen-bond acceptors (Lipinski definition) is 4. The molecule has 6 heteroatoms. The highest BCUT2D eigenvalue weighted by molar-refractivity contribution is 5.92. The van der Waals surface area contributed by atoms with Gasteiger partial charge < -0.3 is 25.0 Å². The van der Waals surface area contributed by atoms with Gasteiger partial charge in [0.05, 0.1) is 32.0 Å². The minimum Gasteiger partial charge on any atom is -0.496 e. The van der Waals surface area contributed by atoms with Crippen molar-refractivity contribution >= 4 is 11.7 Å². The molecule has 2 aliphatic heterocycles. The molecule has 2 bridgehead atoms. The van der Waals surface area contributed by atoms with Gasteiger partial charge in [-0.3, -0.25) is 0 Å². The first-order valence-electron chi connectivity index (χ1n) is 10.9. The third kappa shape index (κ3) is 3.46. The number of nitrogens with zero attached hydrogens (tertiary/aromatic N) is 1. The normalized spacial score (nSPS) is 21.4. The van der Waals surface area contributed by atoms with E-state index in [0.717, 1.165) is 30.0 Å². The number of methoxy groups -OCH3 is 2. The topological polar surface area (TPSA) is 62.8 Å². The molecule has 3 aromatic rings. The third-order valence-corrected chi connectivity index (χ3v) is 6.55. The number of carbonyl (C=O) groups excluding carboxylic acids is 1. The molecule has 2 heterocycles. The van der Waals surface area contributed by atoms with Crippen molar-refractivity contribution in [3.63, 3.8) is 0 Å². The van der Waals surface area contributed by atoms with Crippen molar-refractivity contribution in [2.24, 2.45) is 0 Å². The second-order valence-corrected chi connectivity index (χ2v) is 8.18. The number of anilines is 1. The largest absolute Gasteiger partial charge is 0.496 e. The second-order valence-electron chi connectivity index (χ2n) is 8.18. The van der Waals surface area contributed by atoms with Crippen molar-refractivity contribution in [3.05, 3.63) is 78.4 Å². The number of hydrogen-bond donors (Lipinski definition) is 2. The fraction of sp³-hybridized carbons (Fsp3) is 0.269. The van der Waals surface area contributed by atoms with Crippen molar-refractivity contribution in [2.75, 3.05) is 32.6 Å². The van der Waals surface area contributed by atoms with Gasteiger partial charge in [-0.1, -0.05) is 54.6 Å². The Morgan fingerprint density at radius 3 is 2.19 bits per heavy atom. The van der Waals surface area contributed by atoms with Gasteiger partial charge in [0.15, 0.2) is 0 Å². The fourth-order valence-corrected chi connectivity index (χ4v) is 5.02. The number of nitrogens with one attached hydrogen (secondary N) is 2. The number of fused-ring (bicyclic) bond motifs is 2. The van der Waals surface area contributed by atoms with E-state index in [0.29, 0.717) is 17.4 Å². The maximum absolute atomic E-state index is 13.1. The van der Waals surface area contributed by atoms with E-state index in [-0.39, 0.29) is 18.1 Å². The van der Waals surface area contributed by atoms with Gasteiger partial charge in [-0.15, -0.1) is 0 Å². The van der Waals surface area contributed by atoms with E-state index in [1.54, 1.807) is 14.2 Å². The van der Waals surface area contributed by atoms with Crippen LogP contribution in [0.15, 0.2) is 72.8 Å². The van der Waals surface area contributed by atoms with E-state index < -0.39 is 0 Å². The summed E-state index contributed by atoms with van der Waals surface area (Å²) in [5.41, 5.74) is 4.16. The first-order chi connectivity index (χ1) is 15.7. The second kappa shape index (κ2) is 8.55. The highest BCUT2D eigenvalue weighted by Crippen LogP contribution is 2.43. The molecule has 1 unspecified atom stereocenters. The molecule has 2 amide bonds. The number of ether oxygens (including phenoxy) is 2. The van der Waals surface area contributed by atoms with Crippen molar-refractivity contribution in [3.8, 4) is 22.6 Å². The van der Waals surface area contributed by atoms with Crippen LogP contribution in [-0.2, 0) is 0 Å². The van der Waals surface area contributed by atoms with E-state index in [9.17, 15) is 4.79 Å². The number of piperidine rings is 1. The molecular formula is C26H27N3O3. The summed E-state index contributed by atoms with van der Waals surface area (Å²) < 4.78 is 10.9. The Hall–Kier alpha value is -3.51. The number of amides is 2. The summed E-state index contributed by atoms with van der Waals surface area (Å²) in [7, 11) is 3.30. The average molecular weight is 430 g/mol. The van der Waals surface area contributed by atoms with E-state index in [4.69, 9.17) is 9.47 Å². The first kappa shape index (κ1) is 20.4. The SMILES string of the molecule is COc1ccccc1NC(=O)N1[C@@H]2CNC[C@H]1C2c1ccc(-c2ccccc2OC)cc1. The van der Waals surface area contributed by atoms with Crippen LogP contribution >= 0.6 is 0 Å². The highest BCUT2D eigenvalue weighted by Gasteiger charge is 2.53. The standard InChI is InChI=1S/C26H27N3O3/c1-31-23-9-5-3-7-19(23)17-11-13-18(14-12-17)25-21-15-27-16-22(25)29(21)26(30)28-20-8-4-6-10-24(20)32-2/h3-14,21-22,25,27H,15-16H2,1-2H3,(H,28,30)/t21-,22+,25?. The van der Waals surface area contributed by atoms with Crippen LogP contribution in [0.3, 0.4) is 0 Å². The van der Waals surface area contributed by atoms with E-state index in [1.165, 1.54) is 5.56 Å². The average Bonchev–Trinajstić information content (AvgIpc) is 2.85. The summed E-state index contributed by atoms with van der Waals surface area (Å²) in [6.45, 7) is 1.57. The maximum atomic E-state index is 13.1. The number of rotatable bonds is 5.